The predicted molar refractivity (Wildman–Crippen MR) is 133 cm³/mol. The van der Waals surface area contributed by atoms with Crippen LogP contribution in [0.4, 0.5) is 5.69 Å². The van der Waals surface area contributed by atoms with E-state index in [1.165, 1.54) is 10.8 Å². The van der Waals surface area contributed by atoms with Gasteiger partial charge in [-0.3, -0.25) is 5.09 Å². The molecule has 5 heteroatoms. The van der Waals surface area contributed by atoms with Gasteiger partial charge >= 0.3 is 8.16 Å². The minimum atomic E-state index is -1.46. The number of benzene rings is 5. The zero-order valence-corrected chi connectivity index (χ0v) is 18.3. The van der Waals surface area contributed by atoms with Gasteiger partial charge in [0.25, 0.3) is 0 Å². The number of methoxy groups -OCH3 is 1. The fourth-order valence-electron chi connectivity index (χ4n) is 4.18. The van der Waals surface area contributed by atoms with E-state index >= 15 is 0 Å². The van der Waals surface area contributed by atoms with E-state index in [4.69, 9.17) is 13.1 Å². The van der Waals surface area contributed by atoms with Gasteiger partial charge < -0.3 is 13.1 Å². The molecular formula is C27H20NO3P. The zero-order chi connectivity index (χ0) is 21.5. The van der Waals surface area contributed by atoms with Crippen molar-refractivity contribution in [3.8, 4) is 5.75 Å². The Kier molecular flexibility index (Phi) is 4.52. The van der Waals surface area contributed by atoms with Crippen molar-refractivity contribution in [1.82, 2.24) is 0 Å². The Labute approximate surface area is 185 Å². The minimum Gasteiger partial charge on any atom is -0.497 e. The highest BCUT2D eigenvalue weighted by molar-refractivity contribution is 7.39. The molecule has 156 valence electrons. The van der Waals surface area contributed by atoms with E-state index < -0.39 is 8.16 Å². The normalized spacial score (nSPS) is 11.3. The van der Waals surface area contributed by atoms with Gasteiger partial charge in [-0.05, 0) is 57.9 Å². The van der Waals surface area contributed by atoms with Crippen LogP contribution in [-0.2, 0) is 0 Å². The molecule has 0 atom stereocenters. The fraction of sp³-hybridized carbons (Fsp3) is 0.0370. The van der Waals surface area contributed by atoms with Crippen LogP contribution in [0.5, 0.6) is 5.75 Å². The van der Waals surface area contributed by atoms with Crippen molar-refractivity contribution in [1.29, 1.82) is 0 Å². The first kappa shape index (κ1) is 18.9. The van der Waals surface area contributed by atoms with Crippen LogP contribution in [-0.4, -0.2) is 7.11 Å². The molecule has 0 aliphatic rings. The fourth-order valence-corrected chi connectivity index (χ4v) is 5.33. The minimum absolute atomic E-state index is 0.805. The van der Waals surface area contributed by atoms with Crippen LogP contribution in [0.25, 0.3) is 43.5 Å². The lowest BCUT2D eigenvalue weighted by atomic mass is 9.99. The third kappa shape index (κ3) is 3.17. The molecule has 0 bridgehead atoms. The van der Waals surface area contributed by atoms with E-state index in [1.54, 1.807) is 7.11 Å². The lowest BCUT2D eigenvalue weighted by Crippen LogP contribution is -1.85. The number of hydrogen-bond acceptors (Lipinski definition) is 4. The number of nitrogens with one attached hydrogen (secondary N) is 1. The Bertz CT molecular complexity index is 1540. The number of anilines is 1. The van der Waals surface area contributed by atoms with Gasteiger partial charge in [0.15, 0.2) is 0 Å². The quantitative estimate of drug-likeness (QED) is 0.302. The maximum absolute atomic E-state index is 6.46. The maximum atomic E-state index is 6.46. The molecule has 1 heterocycles. The largest absolute Gasteiger partial charge is 0.497 e. The first-order valence-corrected chi connectivity index (χ1v) is 11.6. The van der Waals surface area contributed by atoms with Crippen LogP contribution in [0.3, 0.4) is 0 Å². The number of hydrogen-bond donors (Lipinski definition) is 1. The molecule has 0 radical (unpaired) electrons. The molecular weight excluding hydrogens is 417 g/mol. The summed E-state index contributed by atoms with van der Waals surface area (Å²) >= 11 is 0. The van der Waals surface area contributed by atoms with Gasteiger partial charge in [0.2, 0.25) is 0 Å². The molecule has 6 aromatic rings. The molecule has 32 heavy (non-hydrogen) atoms. The first-order chi connectivity index (χ1) is 15.8. The molecule has 0 saturated heterocycles. The molecule has 4 nitrogen and oxygen atoms in total. The second-order valence-electron chi connectivity index (χ2n) is 7.60. The Balaban J connectivity index is 1.71. The highest BCUT2D eigenvalue weighted by Gasteiger charge is 2.13. The van der Waals surface area contributed by atoms with E-state index in [0.29, 0.717) is 0 Å². The molecule has 0 aliphatic carbocycles. The van der Waals surface area contributed by atoms with Crippen LogP contribution < -0.4 is 9.82 Å². The summed E-state index contributed by atoms with van der Waals surface area (Å²) in [6.07, 6.45) is 0. The number of fused-ring (bicyclic) bond motifs is 7. The van der Waals surface area contributed by atoms with Crippen molar-refractivity contribution in [2.45, 2.75) is 0 Å². The second-order valence-corrected chi connectivity index (χ2v) is 8.70. The van der Waals surface area contributed by atoms with Crippen LogP contribution >= 0.6 is 8.16 Å². The van der Waals surface area contributed by atoms with Crippen LogP contribution in [0.15, 0.2) is 105 Å². The highest BCUT2D eigenvalue weighted by atomic mass is 31.1. The average Bonchev–Trinajstić information content (AvgIpc) is 3.01. The number of rotatable bonds is 3. The Morgan fingerprint density at radius 2 is 1.16 bits per heavy atom. The van der Waals surface area contributed by atoms with E-state index in [-0.39, 0.29) is 0 Å². The van der Waals surface area contributed by atoms with Gasteiger partial charge in [-0.15, -0.1) is 0 Å². The van der Waals surface area contributed by atoms with E-state index in [9.17, 15) is 0 Å². The summed E-state index contributed by atoms with van der Waals surface area (Å²) in [6.45, 7) is 0. The van der Waals surface area contributed by atoms with Gasteiger partial charge in [-0.1, -0.05) is 60.7 Å². The lowest BCUT2D eigenvalue weighted by Gasteiger charge is -2.05. The molecule has 5 aromatic carbocycles. The van der Waals surface area contributed by atoms with Crippen molar-refractivity contribution in [3.63, 3.8) is 0 Å². The van der Waals surface area contributed by atoms with Crippen molar-refractivity contribution in [2.75, 3.05) is 12.2 Å². The molecule has 6 rings (SSSR count). The predicted octanol–water partition coefficient (Wildman–Crippen LogP) is 8.48. The van der Waals surface area contributed by atoms with Crippen molar-refractivity contribution in [2.24, 2.45) is 0 Å². The molecule has 0 saturated carbocycles. The summed E-state index contributed by atoms with van der Waals surface area (Å²) < 4.78 is 18.2. The Morgan fingerprint density at radius 3 is 1.69 bits per heavy atom. The molecule has 1 aromatic heterocycles. The third-order valence-corrected chi connectivity index (χ3v) is 6.87. The first-order valence-electron chi connectivity index (χ1n) is 10.4. The van der Waals surface area contributed by atoms with Crippen LogP contribution in [0.1, 0.15) is 0 Å². The zero-order valence-electron chi connectivity index (χ0n) is 17.4. The summed E-state index contributed by atoms with van der Waals surface area (Å²) in [7, 11) is 0.196. The monoisotopic (exact) mass is 437 g/mol. The van der Waals surface area contributed by atoms with Crippen LogP contribution in [0.2, 0.25) is 0 Å². The summed E-state index contributed by atoms with van der Waals surface area (Å²) in [5, 5.41) is 10.2. The average molecular weight is 437 g/mol. The molecule has 0 spiro atoms. The van der Waals surface area contributed by atoms with Gasteiger partial charge in [0.1, 0.15) is 16.9 Å². The number of ether oxygens (including phenoxy) is 1. The standard InChI is InChI=1S/C27H20NO3P/c1-29-21-14-12-20(13-15-21)28-32-30-24-16-10-18-6-2-4-8-22(18)26(24)27-23-9-5-3-7-19(23)11-17-25(27)31-32/h2-17,28H,1H3. The highest BCUT2D eigenvalue weighted by Crippen LogP contribution is 2.41. The van der Waals surface area contributed by atoms with Gasteiger partial charge in [-0.25, -0.2) is 0 Å². The topological polar surface area (TPSA) is 47.5 Å². The van der Waals surface area contributed by atoms with E-state index in [1.807, 2.05) is 36.4 Å². The van der Waals surface area contributed by atoms with Gasteiger partial charge in [-0.2, -0.15) is 0 Å². The second kappa shape index (κ2) is 7.67. The van der Waals surface area contributed by atoms with Crippen molar-refractivity contribution >= 4 is 57.3 Å². The van der Waals surface area contributed by atoms with E-state index in [0.717, 1.165) is 44.1 Å². The Hall–Kier alpha value is -3.88. The molecule has 1 N–H and O–H groups in total. The van der Waals surface area contributed by atoms with Gasteiger partial charge in [0.05, 0.1) is 7.11 Å². The molecule has 0 fully saturated rings. The lowest BCUT2D eigenvalue weighted by molar-refractivity contribution is 0.415. The summed E-state index contributed by atoms with van der Waals surface area (Å²) in [4.78, 5) is 0. The van der Waals surface area contributed by atoms with Crippen molar-refractivity contribution in [3.05, 3.63) is 97.1 Å². The third-order valence-electron chi connectivity index (χ3n) is 5.70. The summed E-state index contributed by atoms with van der Waals surface area (Å²) in [5.41, 5.74) is 2.53. The summed E-state index contributed by atoms with van der Waals surface area (Å²) in [5.74, 6) is 0.805. The smallest absolute Gasteiger partial charge is 0.338 e. The van der Waals surface area contributed by atoms with Crippen LogP contribution in [0, 0.1) is 0 Å². The SMILES string of the molecule is COc1ccc(Np2oc3ccc4ccccc4c3c3c(ccc4ccccc43)o2)cc1. The van der Waals surface area contributed by atoms with Crippen molar-refractivity contribution < 1.29 is 13.1 Å². The molecule has 0 aliphatic heterocycles. The van der Waals surface area contributed by atoms with E-state index in [2.05, 4.69) is 65.8 Å². The summed E-state index contributed by atoms with van der Waals surface area (Å²) in [6, 6.07) is 32.9. The molecule has 0 amide bonds. The maximum Gasteiger partial charge on any atom is 0.338 e. The molecule has 0 unspecified atom stereocenters. The Morgan fingerprint density at radius 1 is 0.625 bits per heavy atom. The van der Waals surface area contributed by atoms with Gasteiger partial charge in [0, 0.05) is 16.5 Å².